The molecule has 2 aromatic heterocycles. The van der Waals surface area contributed by atoms with Gasteiger partial charge in [-0.15, -0.1) is 0 Å². The van der Waals surface area contributed by atoms with E-state index in [-0.39, 0.29) is 17.2 Å². The van der Waals surface area contributed by atoms with E-state index in [4.69, 9.17) is 4.74 Å². The summed E-state index contributed by atoms with van der Waals surface area (Å²) >= 11 is 0. The molecule has 4 aliphatic rings. The molecule has 0 radical (unpaired) electrons. The Bertz CT molecular complexity index is 1320. The zero-order valence-electron chi connectivity index (χ0n) is 28.5. The highest BCUT2D eigenvalue weighted by molar-refractivity contribution is 5.87. The Morgan fingerprint density at radius 2 is 1.78 bits per heavy atom. The molecule has 4 aliphatic heterocycles. The van der Waals surface area contributed by atoms with E-state index in [1.165, 1.54) is 17.2 Å². The van der Waals surface area contributed by atoms with Crippen molar-refractivity contribution in [2.75, 3.05) is 76.4 Å². The zero-order valence-corrected chi connectivity index (χ0v) is 28.5. The molecule has 0 unspecified atom stereocenters. The normalized spacial score (nSPS) is 19.2. The van der Waals surface area contributed by atoms with Crippen LogP contribution in [0.25, 0.3) is 0 Å². The zero-order chi connectivity index (χ0) is 33.4. The summed E-state index contributed by atoms with van der Waals surface area (Å²) in [6.45, 7) is 18.2. The van der Waals surface area contributed by atoms with Crippen LogP contribution in [0.4, 0.5) is 20.3 Å². The number of piperidine rings is 1. The van der Waals surface area contributed by atoms with Gasteiger partial charge in [0.1, 0.15) is 11.5 Å². The largest absolute Gasteiger partial charge is 0.388 e. The van der Waals surface area contributed by atoms with Gasteiger partial charge in [0.15, 0.2) is 0 Å². The van der Waals surface area contributed by atoms with Gasteiger partial charge in [-0.3, -0.25) is 14.7 Å². The average molecular weight is 643 g/mol. The first-order valence-corrected chi connectivity index (χ1v) is 16.7. The summed E-state index contributed by atoms with van der Waals surface area (Å²) in [5.74, 6) is 0.609. The molecule has 46 heavy (non-hydrogen) atoms. The van der Waals surface area contributed by atoms with Crippen molar-refractivity contribution in [3.63, 3.8) is 0 Å². The summed E-state index contributed by atoms with van der Waals surface area (Å²) < 4.78 is 39.5. The smallest absolute Gasteiger partial charge is 0.280 e. The Balaban J connectivity index is 0.000000908. The van der Waals surface area contributed by atoms with Gasteiger partial charge in [0.25, 0.3) is 6.43 Å². The van der Waals surface area contributed by atoms with Crippen molar-refractivity contribution in [3.8, 4) is 0 Å². The van der Waals surface area contributed by atoms with E-state index in [2.05, 4.69) is 42.9 Å². The van der Waals surface area contributed by atoms with E-state index in [9.17, 15) is 13.6 Å². The first-order valence-electron chi connectivity index (χ1n) is 16.7. The highest BCUT2D eigenvalue weighted by Crippen LogP contribution is 2.46. The van der Waals surface area contributed by atoms with Crippen molar-refractivity contribution in [3.05, 3.63) is 59.1 Å². The quantitative estimate of drug-likeness (QED) is 0.367. The molecule has 1 spiro atoms. The first kappa shape index (κ1) is 35.7. The number of methoxy groups -OCH3 is 1. The molecule has 0 saturated carbocycles. The minimum Gasteiger partial charge on any atom is -0.388 e. The SMILES string of the molecule is C=CC(=O)N1CCN(C2CN(c3cc(N4CCC5(CC4)OCc4nccc(C)c45)nc(C(F)F)c3CCC)C2)CC1.CC.COC. The molecule has 6 rings (SSSR count). The molecular weight excluding hydrogens is 590 g/mol. The summed E-state index contributed by atoms with van der Waals surface area (Å²) in [5, 5.41) is 0. The molecule has 2 aromatic rings. The van der Waals surface area contributed by atoms with E-state index < -0.39 is 6.43 Å². The molecule has 11 heteroatoms. The van der Waals surface area contributed by atoms with Crippen LogP contribution in [0.1, 0.15) is 74.5 Å². The first-order chi connectivity index (χ1) is 22.2. The Labute approximate surface area is 273 Å². The third kappa shape index (κ3) is 7.37. The fourth-order valence-electron chi connectivity index (χ4n) is 7.13. The van der Waals surface area contributed by atoms with Crippen LogP contribution in [0.2, 0.25) is 0 Å². The minimum absolute atomic E-state index is 0.0212. The number of alkyl halides is 2. The van der Waals surface area contributed by atoms with E-state index in [1.54, 1.807) is 14.2 Å². The third-order valence-electron chi connectivity index (χ3n) is 9.42. The molecule has 3 fully saturated rings. The molecule has 6 heterocycles. The predicted octanol–water partition coefficient (Wildman–Crippen LogP) is 5.51. The Hall–Kier alpha value is -3.15. The van der Waals surface area contributed by atoms with Crippen LogP contribution >= 0.6 is 0 Å². The fraction of sp³-hybridized carbons (Fsp3) is 0.629. The van der Waals surface area contributed by atoms with Crippen LogP contribution < -0.4 is 9.80 Å². The lowest BCUT2D eigenvalue weighted by Crippen LogP contribution is -2.63. The minimum atomic E-state index is -2.63. The van der Waals surface area contributed by atoms with Crippen molar-refractivity contribution in [2.24, 2.45) is 0 Å². The van der Waals surface area contributed by atoms with Gasteiger partial charge in [0, 0.05) is 102 Å². The molecule has 0 aliphatic carbocycles. The summed E-state index contributed by atoms with van der Waals surface area (Å²) in [6.07, 6.45) is 3.49. The highest BCUT2D eigenvalue weighted by Gasteiger charge is 2.45. The molecule has 0 N–H and O–H groups in total. The summed E-state index contributed by atoms with van der Waals surface area (Å²) in [6, 6.07) is 4.43. The lowest BCUT2D eigenvalue weighted by atomic mass is 9.83. The Morgan fingerprint density at radius 1 is 1.13 bits per heavy atom. The monoisotopic (exact) mass is 642 g/mol. The van der Waals surface area contributed by atoms with E-state index in [0.717, 1.165) is 56.8 Å². The number of hydrogen-bond acceptors (Lipinski definition) is 8. The number of hydrogen-bond donors (Lipinski definition) is 0. The number of aromatic nitrogens is 2. The molecule has 0 bridgehead atoms. The van der Waals surface area contributed by atoms with Crippen molar-refractivity contribution < 1.29 is 23.0 Å². The summed E-state index contributed by atoms with van der Waals surface area (Å²) in [5.41, 5.74) is 4.56. The lowest BCUT2D eigenvalue weighted by molar-refractivity contribution is -0.128. The second-order valence-electron chi connectivity index (χ2n) is 12.2. The number of pyridine rings is 2. The maximum atomic E-state index is 14.4. The number of ether oxygens (including phenoxy) is 2. The maximum Gasteiger partial charge on any atom is 0.280 e. The van der Waals surface area contributed by atoms with Gasteiger partial charge in [-0.05, 0) is 43.9 Å². The number of nitrogens with zero attached hydrogens (tertiary/aromatic N) is 6. The second-order valence-corrected chi connectivity index (χ2v) is 12.2. The van der Waals surface area contributed by atoms with Gasteiger partial charge in [0.05, 0.1) is 17.9 Å². The molecule has 254 valence electrons. The molecule has 1 amide bonds. The summed E-state index contributed by atoms with van der Waals surface area (Å²) in [4.78, 5) is 29.7. The van der Waals surface area contributed by atoms with Crippen LogP contribution in [0.3, 0.4) is 0 Å². The van der Waals surface area contributed by atoms with Gasteiger partial charge in [-0.1, -0.05) is 33.8 Å². The average Bonchev–Trinajstić information content (AvgIpc) is 3.41. The van der Waals surface area contributed by atoms with Crippen LogP contribution in [0, 0.1) is 6.92 Å². The van der Waals surface area contributed by atoms with Crippen molar-refractivity contribution in [2.45, 2.75) is 78.1 Å². The standard InChI is InChI=1S/C31H40F2N6O2.C2H6O.C2H6/c1-4-6-23-25(39-18-22(19-39)36-13-15-38(16-14-36)27(40)5-2)17-26(35-29(23)30(32)33)37-11-8-31(9-12-37)28-21(3)7-10-34-24(28)20-41-31;1-3-2;1-2/h5,7,10,17,22,30H,2,4,6,8-9,11-16,18-20H2,1,3H3;1-2H3;1-2H3. The van der Waals surface area contributed by atoms with Crippen molar-refractivity contribution in [1.82, 2.24) is 19.8 Å². The second kappa shape index (κ2) is 16.1. The fourth-order valence-corrected chi connectivity index (χ4v) is 7.13. The maximum absolute atomic E-state index is 14.4. The number of rotatable bonds is 7. The molecule has 0 atom stereocenters. The Kier molecular flexibility index (Phi) is 12.5. The Morgan fingerprint density at radius 3 is 2.37 bits per heavy atom. The third-order valence-corrected chi connectivity index (χ3v) is 9.42. The number of amides is 1. The van der Waals surface area contributed by atoms with Gasteiger partial charge < -0.3 is 24.2 Å². The van der Waals surface area contributed by atoms with E-state index in [0.29, 0.717) is 56.6 Å². The highest BCUT2D eigenvalue weighted by atomic mass is 19.3. The van der Waals surface area contributed by atoms with Gasteiger partial charge in [-0.2, -0.15) is 0 Å². The molecule has 3 saturated heterocycles. The molecule has 9 nitrogen and oxygen atoms in total. The predicted molar refractivity (Wildman–Crippen MR) is 179 cm³/mol. The number of carbonyl (C=O) groups is 1. The van der Waals surface area contributed by atoms with Gasteiger partial charge >= 0.3 is 0 Å². The number of carbonyl (C=O) groups excluding carboxylic acids is 1. The van der Waals surface area contributed by atoms with E-state index >= 15 is 0 Å². The number of piperazine rings is 1. The van der Waals surface area contributed by atoms with Gasteiger partial charge in [-0.25, -0.2) is 13.8 Å². The van der Waals surface area contributed by atoms with Crippen molar-refractivity contribution in [1.29, 1.82) is 0 Å². The lowest BCUT2D eigenvalue weighted by Gasteiger charge is -2.49. The van der Waals surface area contributed by atoms with Crippen LogP contribution in [-0.4, -0.2) is 98.3 Å². The summed E-state index contributed by atoms with van der Waals surface area (Å²) in [7, 11) is 3.25. The van der Waals surface area contributed by atoms with Crippen molar-refractivity contribution >= 4 is 17.4 Å². The number of aryl methyl sites for hydroxylation is 1. The molecular formula is C35H52F2N6O3. The van der Waals surface area contributed by atoms with Crippen LogP contribution in [0.15, 0.2) is 31.0 Å². The number of halogens is 2. The number of anilines is 2. The topological polar surface area (TPSA) is 74.3 Å². The molecule has 0 aromatic carbocycles. The number of fused-ring (bicyclic) bond motifs is 2. The van der Waals surface area contributed by atoms with Crippen LogP contribution in [0.5, 0.6) is 0 Å². The van der Waals surface area contributed by atoms with Gasteiger partial charge in [0.2, 0.25) is 5.91 Å². The van der Waals surface area contributed by atoms with E-state index in [1.807, 2.05) is 44.0 Å². The van der Waals surface area contributed by atoms with Crippen LogP contribution in [-0.2, 0) is 32.9 Å².